The summed E-state index contributed by atoms with van der Waals surface area (Å²) in [6, 6.07) is 8.02. The van der Waals surface area contributed by atoms with E-state index in [1.807, 2.05) is 25.2 Å². The first-order valence-corrected chi connectivity index (χ1v) is 8.01. The van der Waals surface area contributed by atoms with Crippen molar-refractivity contribution in [1.29, 1.82) is 0 Å². The average Bonchev–Trinajstić information content (AvgIpc) is 2.97. The van der Waals surface area contributed by atoms with E-state index in [-0.39, 0.29) is 18.3 Å². The molecule has 2 heterocycles. The van der Waals surface area contributed by atoms with E-state index in [0.29, 0.717) is 6.54 Å². The van der Waals surface area contributed by atoms with E-state index in [0.717, 1.165) is 22.0 Å². The maximum Gasteiger partial charge on any atom is 0.491 e. The van der Waals surface area contributed by atoms with Gasteiger partial charge in [-0.05, 0) is 46.3 Å². The summed E-state index contributed by atoms with van der Waals surface area (Å²) < 4.78 is 18.0. The summed E-state index contributed by atoms with van der Waals surface area (Å²) in [4.78, 5) is 0. The fourth-order valence-corrected chi connectivity index (χ4v) is 2.71. The summed E-state index contributed by atoms with van der Waals surface area (Å²) in [5.41, 5.74) is 2.29. The Bertz CT molecular complexity index is 717. The molecular formula is C18H24BNO3. The minimum atomic E-state index is -0.360. The Kier molecular flexibility index (Phi) is 4.13. The Hall–Kier alpha value is -1.56. The molecular weight excluding hydrogens is 289 g/mol. The smallest absolute Gasteiger partial charge is 0.464 e. The zero-order chi connectivity index (χ0) is 16.7. The molecule has 0 bridgehead atoms. The van der Waals surface area contributed by atoms with Gasteiger partial charge < -0.3 is 19.0 Å². The number of para-hydroxylation sites is 1. The summed E-state index contributed by atoms with van der Waals surface area (Å²) >= 11 is 0. The lowest BCUT2D eigenvalue weighted by atomic mass is 9.77. The average molecular weight is 313 g/mol. The van der Waals surface area contributed by atoms with Crippen LogP contribution < -0.4 is 5.32 Å². The van der Waals surface area contributed by atoms with E-state index in [9.17, 15) is 0 Å². The number of nitrogens with one attached hydrogen (secondary N) is 1. The normalized spacial score (nSPS) is 20.4. The number of rotatable bonds is 4. The van der Waals surface area contributed by atoms with E-state index in [1.165, 1.54) is 0 Å². The van der Waals surface area contributed by atoms with Gasteiger partial charge in [-0.15, -0.1) is 0 Å². The van der Waals surface area contributed by atoms with E-state index in [4.69, 9.17) is 13.7 Å². The van der Waals surface area contributed by atoms with E-state index >= 15 is 0 Å². The fraction of sp³-hybridized carbons (Fsp3) is 0.444. The second-order valence-electron chi connectivity index (χ2n) is 7.03. The Labute approximate surface area is 138 Å². The lowest BCUT2D eigenvalue weighted by Crippen LogP contribution is -2.41. The van der Waals surface area contributed by atoms with Gasteiger partial charge in [0.2, 0.25) is 0 Å². The van der Waals surface area contributed by atoms with Crippen LogP contribution in [0.1, 0.15) is 33.3 Å². The number of fused-ring (bicyclic) bond motifs is 1. The van der Waals surface area contributed by atoms with Crippen LogP contribution in [0, 0.1) is 0 Å². The molecule has 0 spiro atoms. The number of likely N-dealkylation sites (N-methyl/N-ethyl adjacent to an activating group) is 1. The van der Waals surface area contributed by atoms with Gasteiger partial charge in [0.1, 0.15) is 5.58 Å². The summed E-state index contributed by atoms with van der Waals surface area (Å²) in [6.07, 6.45) is 3.88. The van der Waals surface area contributed by atoms with Crippen molar-refractivity contribution in [2.45, 2.75) is 38.9 Å². The molecule has 0 unspecified atom stereocenters. The Morgan fingerprint density at radius 3 is 2.43 bits per heavy atom. The Balaban J connectivity index is 1.96. The first-order valence-electron chi connectivity index (χ1n) is 8.01. The van der Waals surface area contributed by atoms with Crippen LogP contribution in [0.3, 0.4) is 0 Å². The molecule has 1 N–H and O–H groups in total. The molecule has 1 aromatic carbocycles. The molecule has 122 valence electrons. The number of hydrogen-bond donors (Lipinski definition) is 1. The Morgan fingerprint density at radius 2 is 1.78 bits per heavy atom. The highest BCUT2D eigenvalue weighted by molar-refractivity contribution is 6.56. The van der Waals surface area contributed by atoms with E-state index in [1.54, 1.807) is 6.26 Å². The summed E-state index contributed by atoms with van der Waals surface area (Å²) in [5, 5.41) is 4.30. The van der Waals surface area contributed by atoms with Crippen LogP contribution in [0.2, 0.25) is 0 Å². The van der Waals surface area contributed by atoms with Gasteiger partial charge in [-0.25, -0.2) is 0 Å². The maximum absolute atomic E-state index is 6.18. The fourth-order valence-electron chi connectivity index (χ4n) is 2.71. The molecule has 5 heteroatoms. The minimum absolute atomic E-state index is 0.344. The quantitative estimate of drug-likeness (QED) is 0.875. The van der Waals surface area contributed by atoms with Crippen molar-refractivity contribution in [2.24, 2.45) is 0 Å². The summed E-state index contributed by atoms with van der Waals surface area (Å²) in [7, 11) is 1.56. The minimum Gasteiger partial charge on any atom is -0.464 e. The molecule has 0 atom stereocenters. The largest absolute Gasteiger partial charge is 0.491 e. The van der Waals surface area contributed by atoms with Crippen LogP contribution in [-0.2, 0) is 9.31 Å². The lowest BCUT2D eigenvalue weighted by Gasteiger charge is -2.32. The van der Waals surface area contributed by atoms with Crippen LogP contribution in [0.15, 0.2) is 40.4 Å². The monoisotopic (exact) mass is 313 g/mol. The lowest BCUT2D eigenvalue weighted by molar-refractivity contribution is 0.00578. The van der Waals surface area contributed by atoms with Crippen LogP contribution in [0.5, 0.6) is 0 Å². The van der Waals surface area contributed by atoms with Gasteiger partial charge in [-0.3, -0.25) is 0 Å². The third-order valence-electron chi connectivity index (χ3n) is 4.79. The highest BCUT2D eigenvalue weighted by Gasteiger charge is 2.52. The third kappa shape index (κ3) is 2.96. The van der Waals surface area contributed by atoms with Crippen molar-refractivity contribution >= 4 is 24.2 Å². The van der Waals surface area contributed by atoms with Crippen molar-refractivity contribution in [3.63, 3.8) is 0 Å². The molecule has 23 heavy (non-hydrogen) atoms. The molecule has 1 aliphatic rings. The number of hydrogen-bond acceptors (Lipinski definition) is 4. The van der Waals surface area contributed by atoms with Crippen molar-refractivity contribution < 1.29 is 13.7 Å². The van der Waals surface area contributed by atoms with Crippen LogP contribution in [0.25, 0.3) is 17.0 Å². The van der Waals surface area contributed by atoms with Gasteiger partial charge in [0, 0.05) is 17.5 Å². The first-order chi connectivity index (χ1) is 10.8. The standard InChI is InChI=1S/C18H24BNO3/c1-17(2)18(3,4)23-19(22-17)14(11-20-5)10-13-12-21-16-9-7-6-8-15(13)16/h6-10,12,20H,11H2,1-5H3. The molecule has 2 aromatic rings. The second-order valence-corrected chi connectivity index (χ2v) is 7.03. The zero-order valence-electron chi connectivity index (χ0n) is 14.5. The Morgan fingerprint density at radius 1 is 1.13 bits per heavy atom. The van der Waals surface area contributed by atoms with Crippen molar-refractivity contribution in [2.75, 3.05) is 13.6 Å². The van der Waals surface area contributed by atoms with E-state index in [2.05, 4.69) is 45.2 Å². The van der Waals surface area contributed by atoms with Crippen LogP contribution in [-0.4, -0.2) is 31.9 Å². The molecule has 3 rings (SSSR count). The third-order valence-corrected chi connectivity index (χ3v) is 4.79. The van der Waals surface area contributed by atoms with Crippen LogP contribution >= 0.6 is 0 Å². The summed E-state index contributed by atoms with van der Waals surface area (Å²) in [5.74, 6) is 0. The molecule has 0 aliphatic carbocycles. The highest BCUT2D eigenvalue weighted by Crippen LogP contribution is 2.39. The molecule has 0 amide bonds. The topological polar surface area (TPSA) is 43.6 Å². The first kappa shape index (κ1) is 16.3. The predicted molar refractivity (Wildman–Crippen MR) is 94.2 cm³/mol. The van der Waals surface area contributed by atoms with Gasteiger partial charge in [-0.1, -0.05) is 24.3 Å². The molecule has 1 aliphatic heterocycles. The molecule has 1 saturated heterocycles. The molecule has 4 nitrogen and oxygen atoms in total. The predicted octanol–water partition coefficient (Wildman–Crippen LogP) is 3.67. The van der Waals surface area contributed by atoms with Crippen molar-refractivity contribution in [3.8, 4) is 0 Å². The molecule has 0 saturated carbocycles. The zero-order valence-corrected chi connectivity index (χ0v) is 14.5. The van der Waals surface area contributed by atoms with Gasteiger partial charge in [0.25, 0.3) is 0 Å². The van der Waals surface area contributed by atoms with Gasteiger partial charge in [-0.2, -0.15) is 0 Å². The second kappa shape index (κ2) is 5.82. The van der Waals surface area contributed by atoms with E-state index < -0.39 is 0 Å². The van der Waals surface area contributed by atoms with Gasteiger partial charge in [0.15, 0.2) is 0 Å². The molecule has 1 fully saturated rings. The van der Waals surface area contributed by atoms with Gasteiger partial charge in [0.05, 0.1) is 17.5 Å². The molecule has 1 aromatic heterocycles. The SMILES string of the molecule is CNCC(=Cc1coc2ccccc12)B1OC(C)(C)C(C)(C)O1. The number of benzene rings is 1. The summed E-state index contributed by atoms with van der Waals surface area (Å²) in [6.45, 7) is 8.96. The van der Waals surface area contributed by atoms with Crippen molar-refractivity contribution in [3.05, 3.63) is 41.6 Å². The highest BCUT2D eigenvalue weighted by atomic mass is 16.7. The maximum atomic E-state index is 6.18. The number of furan rings is 1. The van der Waals surface area contributed by atoms with Gasteiger partial charge >= 0.3 is 7.12 Å². The van der Waals surface area contributed by atoms with Crippen LogP contribution in [0.4, 0.5) is 0 Å². The van der Waals surface area contributed by atoms with Crippen molar-refractivity contribution in [1.82, 2.24) is 5.32 Å². The molecule has 0 radical (unpaired) electrons.